The van der Waals surface area contributed by atoms with Gasteiger partial charge in [-0.1, -0.05) is 0 Å². The van der Waals surface area contributed by atoms with Crippen LogP contribution in [0.15, 0.2) is 41.0 Å². The van der Waals surface area contributed by atoms with Crippen molar-refractivity contribution in [2.75, 3.05) is 0 Å². The molecular weight excluding hydrogens is 298 g/mol. The summed E-state index contributed by atoms with van der Waals surface area (Å²) in [6.07, 6.45) is 1.70. The number of carboxylic acid groups (broad SMARTS) is 1. The van der Waals surface area contributed by atoms with Crippen molar-refractivity contribution in [2.24, 2.45) is 0 Å². The van der Waals surface area contributed by atoms with Gasteiger partial charge in [0.25, 0.3) is 0 Å². The molecule has 92 valence electrons. The number of aryl methyl sites for hydroxylation is 1. The summed E-state index contributed by atoms with van der Waals surface area (Å²) < 4.78 is 6.30. The molecule has 0 bridgehead atoms. The normalized spacial score (nSPS) is 10.1. The van der Waals surface area contributed by atoms with Gasteiger partial charge in [0, 0.05) is 6.20 Å². The summed E-state index contributed by atoms with van der Waals surface area (Å²) >= 11 is 3.36. The number of aromatic carboxylic acids is 1. The summed E-state index contributed by atoms with van der Waals surface area (Å²) in [4.78, 5) is 14.8. The Morgan fingerprint density at radius 1 is 1.33 bits per heavy atom. The third-order valence-electron chi connectivity index (χ3n) is 2.26. The Labute approximate surface area is 112 Å². The first-order valence-electron chi connectivity index (χ1n) is 5.19. The lowest BCUT2D eigenvalue weighted by Crippen LogP contribution is -1.96. The van der Waals surface area contributed by atoms with Crippen LogP contribution in [0, 0.1) is 6.92 Å². The van der Waals surface area contributed by atoms with Gasteiger partial charge in [0.15, 0.2) is 0 Å². The fourth-order valence-electron chi connectivity index (χ4n) is 1.37. The SMILES string of the molecule is Cc1cnc(Oc2ccc(C(=O)O)cc2)c(Br)c1. The zero-order valence-electron chi connectivity index (χ0n) is 9.55. The highest BCUT2D eigenvalue weighted by atomic mass is 79.9. The molecule has 0 amide bonds. The molecule has 5 heteroatoms. The monoisotopic (exact) mass is 307 g/mol. The van der Waals surface area contributed by atoms with Crippen LogP contribution in [0.3, 0.4) is 0 Å². The molecule has 0 spiro atoms. The maximum Gasteiger partial charge on any atom is 0.335 e. The second kappa shape index (κ2) is 5.18. The summed E-state index contributed by atoms with van der Waals surface area (Å²) in [7, 11) is 0. The molecule has 0 saturated heterocycles. The molecule has 1 heterocycles. The molecule has 2 aromatic rings. The largest absolute Gasteiger partial charge is 0.478 e. The van der Waals surface area contributed by atoms with Crippen LogP contribution >= 0.6 is 15.9 Å². The minimum absolute atomic E-state index is 0.221. The smallest absolute Gasteiger partial charge is 0.335 e. The third kappa shape index (κ3) is 2.87. The minimum atomic E-state index is -0.962. The summed E-state index contributed by atoms with van der Waals surface area (Å²) in [5.74, 6) is 0.0249. The van der Waals surface area contributed by atoms with Gasteiger partial charge in [0.1, 0.15) is 5.75 Å². The van der Waals surface area contributed by atoms with E-state index in [1.165, 1.54) is 12.1 Å². The molecule has 1 aromatic carbocycles. The molecule has 0 radical (unpaired) electrons. The molecule has 1 aromatic heterocycles. The molecular formula is C13H10BrNO3. The summed E-state index contributed by atoms with van der Waals surface area (Å²) in [6.45, 7) is 1.93. The fourth-order valence-corrected chi connectivity index (χ4v) is 1.92. The van der Waals surface area contributed by atoms with Crippen LogP contribution in [0.5, 0.6) is 11.6 Å². The average molecular weight is 308 g/mol. The van der Waals surface area contributed by atoms with Crippen LogP contribution < -0.4 is 4.74 Å². The van der Waals surface area contributed by atoms with E-state index in [0.717, 1.165) is 10.0 Å². The molecule has 4 nitrogen and oxygen atoms in total. The highest BCUT2D eigenvalue weighted by Crippen LogP contribution is 2.27. The number of nitrogens with zero attached hydrogens (tertiary/aromatic N) is 1. The van der Waals surface area contributed by atoms with E-state index in [1.54, 1.807) is 18.3 Å². The average Bonchev–Trinajstić information content (AvgIpc) is 2.33. The number of ether oxygens (including phenoxy) is 1. The van der Waals surface area contributed by atoms with Crippen molar-refractivity contribution < 1.29 is 14.6 Å². The van der Waals surface area contributed by atoms with Crippen molar-refractivity contribution in [2.45, 2.75) is 6.92 Å². The van der Waals surface area contributed by atoms with Crippen molar-refractivity contribution in [3.8, 4) is 11.6 Å². The van der Waals surface area contributed by atoms with Crippen molar-refractivity contribution in [3.63, 3.8) is 0 Å². The second-order valence-electron chi connectivity index (χ2n) is 3.73. The van der Waals surface area contributed by atoms with Crippen LogP contribution in [-0.2, 0) is 0 Å². The Morgan fingerprint density at radius 3 is 2.56 bits per heavy atom. The van der Waals surface area contributed by atoms with E-state index in [2.05, 4.69) is 20.9 Å². The van der Waals surface area contributed by atoms with Crippen LogP contribution in [0.4, 0.5) is 0 Å². The number of benzene rings is 1. The number of rotatable bonds is 3. The van der Waals surface area contributed by atoms with Crippen LogP contribution in [0.25, 0.3) is 0 Å². The first-order valence-corrected chi connectivity index (χ1v) is 5.99. The number of carboxylic acids is 1. The van der Waals surface area contributed by atoms with Gasteiger partial charge in [-0.25, -0.2) is 9.78 Å². The summed E-state index contributed by atoms with van der Waals surface area (Å²) in [5, 5.41) is 8.78. The van der Waals surface area contributed by atoms with Gasteiger partial charge in [0.2, 0.25) is 5.88 Å². The number of hydrogen-bond donors (Lipinski definition) is 1. The minimum Gasteiger partial charge on any atom is -0.478 e. The molecule has 2 rings (SSSR count). The van der Waals surface area contributed by atoms with Gasteiger partial charge in [-0.05, 0) is 58.7 Å². The molecule has 0 unspecified atom stereocenters. The molecule has 0 saturated carbocycles. The Bertz CT molecular complexity index is 581. The highest BCUT2D eigenvalue weighted by Gasteiger charge is 2.06. The first kappa shape index (κ1) is 12.6. The topological polar surface area (TPSA) is 59.4 Å². The predicted molar refractivity (Wildman–Crippen MR) is 70.1 cm³/mol. The van der Waals surface area contributed by atoms with Crippen molar-refractivity contribution in [1.29, 1.82) is 0 Å². The maximum absolute atomic E-state index is 10.7. The fraction of sp³-hybridized carbons (Fsp3) is 0.0769. The predicted octanol–water partition coefficient (Wildman–Crippen LogP) is 3.64. The van der Waals surface area contributed by atoms with Crippen LogP contribution in [0.2, 0.25) is 0 Å². The Hall–Kier alpha value is -1.88. The van der Waals surface area contributed by atoms with Crippen molar-refractivity contribution in [3.05, 3.63) is 52.1 Å². The van der Waals surface area contributed by atoms with E-state index in [-0.39, 0.29) is 5.56 Å². The molecule has 0 aliphatic rings. The quantitative estimate of drug-likeness (QED) is 0.940. The molecule has 0 aliphatic heterocycles. The molecule has 0 atom stereocenters. The maximum atomic E-state index is 10.7. The number of hydrogen-bond acceptors (Lipinski definition) is 3. The Morgan fingerprint density at radius 2 is 2.00 bits per heavy atom. The van der Waals surface area contributed by atoms with Crippen LogP contribution in [-0.4, -0.2) is 16.1 Å². The second-order valence-corrected chi connectivity index (χ2v) is 4.59. The van der Waals surface area contributed by atoms with Gasteiger partial charge in [-0.3, -0.25) is 0 Å². The summed E-state index contributed by atoms with van der Waals surface area (Å²) in [6, 6.07) is 8.06. The van der Waals surface area contributed by atoms with Crippen molar-refractivity contribution >= 4 is 21.9 Å². The van der Waals surface area contributed by atoms with E-state index in [1.807, 2.05) is 13.0 Å². The van der Waals surface area contributed by atoms with Gasteiger partial charge < -0.3 is 9.84 Å². The van der Waals surface area contributed by atoms with Gasteiger partial charge in [0.05, 0.1) is 10.0 Å². The van der Waals surface area contributed by atoms with Gasteiger partial charge in [-0.2, -0.15) is 0 Å². The van der Waals surface area contributed by atoms with E-state index in [4.69, 9.17) is 9.84 Å². The van der Waals surface area contributed by atoms with Crippen LogP contribution in [0.1, 0.15) is 15.9 Å². The standard InChI is InChI=1S/C13H10BrNO3/c1-8-6-11(14)12(15-7-8)18-10-4-2-9(3-5-10)13(16)17/h2-7H,1H3,(H,16,17). The van der Waals surface area contributed by atoms with E-state index in [9.17, 15) is 4.79 Å². The molecule has 1 N–H and O–H groups in total. The third-order valence-corrected chi connectivity index (χ3v) is 2.83. The Kier molecular flexibility index (Phi) is 3.62. The number of halogens is 1. The van der Waals surface area contributed by atoms with Crippen molar-refractivity contribution in [1.82, 2.24) is 4.98 Å². The highest BCUT2D eigenvalue weighted by molar-refractivity contribution is 9.10. The summed E-state index contributed by atoms with van der Waals surface area (Å²) in [5.41, 5.74) is 1.24. The number of pyridine rings is 1. The van der Waals surface area contributed by atoms with E-state index >= 15 is 0 Å². The van der Waals surface area contributed by atoms with E-state index < -0.39 is 5.97 Å². The Balaban J connectivity index is 2.21. The lowest BCUT2D eigenvalue weighted by Gasteiger charge is -2.07. The molecule has 0 aliphatic carbocycles. The molecule has 0 fully saturated rings. The number of carbonyl (C=O) groups is 1. The first-order chi connectivity index (χ1) is 8.56. The van der Waals surface area contributed by atoms with Gasteiger partial charge >= 0.3 is 5.97 Å². The molecule has 18 heavy (non-hydrogen) atoms. The lowest BCUT2D eigenvalue weighted by atomic mass is 10.2. The van der Waals surface area contributed by atoms with Gasteiger partial charge in [-0.15, -0.1) is 0 Å². The number of aromatic nitrogens is 1. The van der Waals surface area contributed by atoms with E-state index in [0.29, 0.717) is 11.6 Å². The lowest BCUT2D eigenvalue weighted by molar-refractivity contribution is 0.0697. The zero-order valence-corrected chi connectivity index (χ0v) is 11.1. The zero-order chi connectivity index (χ0) is 13.1.